The van der Waals surface area contributed by atoms with Crippen molar-refractivity contribution in [2.75, 3.05) is 39.4 Å². The van der Waals surface area contributed by atoms with Gasteiger partial charge in [0.2, 0.25) is 0 Å². The van der Waals surface area contributed by atoms with Gasteiger partial charge in [0.05, 0.1) is 19.7 Å². The van der Waals surface area contributed by atoms with Crippen LogP contribution >= 0.6 is 0 Å². The average Bonchev–Trinajstić information content (AvgIpc) is 2.20. The molecule has 76 valence electrons. The largest absolute Gasteiger partial charge is 0.466 e. The molecule has 1 unspecified atom stereocenters. The first kappa shape index (κ1) is 9.44. The highest BCUT2D eigenvalue weighted by Gasteiger charge is 2.24. The van der Waals surface area contributed by atoms with Crippen molar-refractivity contribution in [1.29, 1.82) is 0 Å². The number of hydrogen-bond acceptors (Lipinski definition) is 2. The number of ether oxygens (including phenoxy) is 1. The average molecular weight is 184 g/mol. The van der Waals surface area contributed by atoms with Crippen LogP contribution in [0.1, 0.15) is 12.8 Å². The first-order valence-corrected chi connectivity index (χ1v) is 5.35. The molecule has 2 aliphatic heterocycles. The number of hydrogen-bond donors (Lipinski definition) is 1. The summed E-state index contributed by atoms with van der Waals surface area (Å²) in [5.41, 5.74) is 0. The van der Waals surface area contributed by atoms with Gasteiger partial charge < -0.3 is 9.64 Å². The van der Waals surface area contributed by atoms with E-state index in [1.165, 1.54) is 43.9 Å². The highest BCUT2D eigenvalue weighted by molar-refractivity contribution is 4.75. The van der Waals surface area contributed by atoms with E-state index in [0.29, 0.717) is 6.04 Å². The molecule has 0 spiro atoms. The van der Waals surface area contributed by atoms with Gasteiger partial charge in [-0.25, -0.2) is 0 Å². The maximum atomic E-state index is 5.50. The lowest BCUT2D eigenvalue weighted by atomic mass is 10.1. The lowest BCUT2D eigenvalue weighted by molar-refractivity contribution is -0.859. The summed E-state index contributed by atoms with van der Waals surface area (Å²) < 4.78 is 5.50. The van der Waals surface area contributed by atoms with Crippen LogP contribution in [0.3, 0.4) is 0 Å². The Morgan fingerprint density at radius 2 is 2.08 bits per heavy atom. The second-order valence-electron chi connectivity index (χ2n) is 4.16. The first-order valence-electron chi connectivity index (χ1n) is 5.35. The van der Waals surface area contributed by atoms with Crippen molar-refractivity contribution in [3.63, 3.8) is 0 Å². The molecule has 0 aliphatic carbocycles. The molecule has 2 aliphatic rings. The highest BCUT2D eigenvalue weighted by Crippen LogP contribution is 2.12. The van der Waals surface area contributed by atoms with Gasteiger partial charge in [-0.2, -0.15) is 7.05 Å². The second-order valence-corrected chi connectivity index (χ2v) is 4.16. The fourth-order valence-electron chi connectivity index (χ4n) is 2.22. The Bertz CT molecular complexity index is 149. The molecule has 0 saturated carbocycles. The lowest BCUT2D eigenvalue weighted by Crippen LogP contribution is -3.10. The normalized spacial score (nSPS) is 33.5. The van der Waals surface area contributed by atoms with Crippen molar-refractivity contribution < 1.29 is 9.64 Å². The number of rotatable bonds is 1. The molecule has 0 radical (unpaired) electrons. The molecule has 0 aromatic rings. The molecule has 0 aromatic heterocycles. The van der Waals surface area contributed by atoms with E-state index >= 15 is 0 Å². The molecule has 3 heteroatoms. The van der Waals surface area contributed by atoms with Crippen molar-refractivity contribution in [3.8, 4) is 0 Å². The minimum absolute atomic E-state index is 0.696. The Kier molecular flexibility index (Phi) is 3.19. The van der Waals surface area contributed by atoms with Crippen LogP contribution in [-0.2, 0) is 4.74 Å². The Balaban J connectivity index is 1.79. The molecule has 13 heavy (non-hydrogen) atoms. The van der Waals surface area contributed by atoms with Crippen molar-refractivity contribution in [3.05, 3.63) is 7.05 Å². The summed E-state index contributed by atoms with van der Waals surface area (Å²) in [4.78, 5) is 4.00. The van der Waals surface area contributed by atoms with E-state index in [-0.39, 0.29) is 0 Å². The SMILES string of the molecule is [CH2-][NH+]1CCN(C2CCCOC2)CC1. The third-order valence-corrected chi connectivity index (χ3v) is 3.16. The van der Waals surface area contributed by atoms with Gasteiger partial charge in [0, 0.05) is 25.7 Å². The molecule has 2 rings (SSSR count). The van der Waals surface area contributed by atoms with Gasteiger partial charge in [0.15, 0.2) is 0 Å². The van der Waals surface area contributed by atoms with Gasteiger partial charge in [0.1, 0.15) is 0 Å². The van der Waals surface area contributed by atoms with E-state index in [0.717, 1.165) is 13.2 Å². The lowest BCUT2D eigenvalue weighted by Gasteiger charge is -2.39. The fourth-order valence-corrected chi connectivity index (χ4v) is 2.22. The van der Waals surface area contributed by atoms with Gasteiger partial charge in [-0.15, -0.1) is 0 Å². The number of piperazine rings is 1. The molecular weight excluding hydrogens is 164 g/mol. The first-order chi connectivity index (χ1) is 6.36. The summed E-state index contributed by atoms with van der Waals surface area (Å²) in [7, 11) is 4.04. The van der Waals surface area contributed by atoms with E-state index in [4.69, 9.17) is 4.74 Å². The predicted octanol–water partition coefficient (Wildman–Crippen LogP) is -0.843. The quantitative estimate of drug-likeness (QED) is 0.535. The van der Waals surface area contributed by atoms with Crippen molar-refractivity contribution >= 4 is 0 Å². The van der Waals surface area contributed by atoms with E-state index in [1.54, 1.807) is 0 Å². The maximum absolute atomic E-state index is 5.50. The summed E-state index contributed by atoms with van der Waals surface area (Å²) in [5.74, 6) is 0. The van der Waals surface area contributed by atoms with Crippen LogP contribution < -0.4 is 4.90 Å². The van der Waals surface area contributed by atoms with Crippen LogP contribution in [0, 0.1) is 7.05 Å². The topological polar surface area (TPSA) is 16.9 Å². The number of nitrogens with zero attached hydrogens (tertiary/aromatic N) is 1. The van der Waals surface area contributed by atoms with Gasteiger partial charge in [-0.3, -0.25) is 4.90 Å². The van der Waals surface area contributed by atoms with Gasteiger partial charge in [0.25, 0.3) is 0 Å². The van der Waals surface area contributed by atoms with E-state index in [2.05, 4.69) is 11.9 Å². The van der Waals surface area contributed by atoms with Gasteiger partial charge >= 0.3 is 0 Å². The van der Waals surface area contributed by atoms with Crippen LogP contribution in [0.25, 0.3) is 0 Å². The summed E-state index contributed by atoms with van der Waals surface area (Å²) in [6, 6.07) is 0.696. The molecule has 0 amide bonds. The van der Waals surface area contributed by atoms with Crippen molar-refractivity contribution in [1.82, 2.24) is 4.90 Å². The molecule has 0 bridgehead atoms. The van der Waals surface area contributed by atoms with E-state index in [1.807, 2.05) is 0 Å². The minimum Gasteiger partial charge on any atom is -0.466 e. The van der Waals surface area contributed by atoms with Crippen LogP contribution in [-0.4, -0.2) is 50.3 Å². The third kappa shape index (κ3) is 2.42. The molecular formula is C10H20N2O. The summed E-state index contributed by atoms with van der Waals surface area (Å²) >= 11 is 0. The molecule has 2 fully saturated rings. The molecule has 2 heterocycles. The molecule has 3 nitrogen and oxygen atoms in total. The van der Waals surface area contributed by atoms with E-state index < -0.39 is 0 Å². The van der Waals surface area contributed by atoms with Crippen LogP contribution in [0.4, 0.5) is 0 Å². The number of nitrogens with one attached hydrogen (secondary N) is 1. The molecule has 0 aromatic carbocycles. The van der Waals surface area contributed by atoms with Gasteiger partial charge in [-0.05, 0) is 12.8 Å². The highest BCUT2D eigenvalue weighted by atomic mass is 16.5. The zero-order valence-corrected chi connectivity index (χ0v) is 8.30. The van der Waals surface area contributed by atoms with Crippen LogP contribution in [0.5, 0.6) is 0 Å². The third-order valence-electron chi connectivity index (χ3n) is 3.16. The predicted molar refractivity (Wildman–Crippen MR) is 51.5 cm³/mol. The minimum atomic E-state index is 0.696. The Hall–Kier alpha value is -0.120. The zero-order chi connectivity index (χ0) is 9.10. The molecule has 1 atom stereocenters. The summed E-state index contributed by atoms with van der Waals surface area (Å²) in [6.07, 6.45) is 2.56. The standard InChI is InChI=1S/C10H20N2O/c1-11-4-6-12(7-5-11)10-3-2-8-13-9-10/h10-11H,1-9H2. The Morgan fingerprint density at radius 1 is 1.31 bits per heavy atom. The zero-order valence-electron chi connectivity index (χ0n) is 8.30. The van der Waals surface area contributed by atoms with Crippen molar-refractivity contribution in [2.45, 2.75) is 18.9 Å². The van der Waals surface area contributed by atoms with Crippen LogP contribution in [0.2, 0.25) is 0 Å². The molecule has 2 saturated heterocycles. The monoisotopic (exact) mass is 184 g/mol. The Labute approximate surface area is 80.6 Å². The van der Waals surface area contributed by atoms with Crippen molar-refractivity contribution in [2.24, 2.45) is 0 Å². The van der Waals surface area contributed by atoms with E-state index in [9.17, 15) is 0 Å². The molecule has 1 N–H and O–H groups in total. The summed E-state index contributed by atoms with van der Waals surface area (Å²) in [5, 5.41) is 0. The van der Waals surface area contributed by atoms with Gasteiger partial charge in [-0.1, -0.05) is 0 Å². The number of quaternary nitrogens is 1. The fraction of sp³-hybridized carbons (Fsp3) is 0.900. The van der Waals surface area contributed by atoms with Crippen LogP contribution in [0.15, 0.2) is 0 Å². The Morgan fingerprint density at radius 3 is 2.69 bits per heavy atom. The summed E-state index contributed by atoms with van der Waals surface area (Å²) in [6.45, 7) is 6.70. The maximum Gasteiger partial charge on any atom is 0.0660 e. The second kappa shape index (κ2) is 4.40. The smallest absolute Gasteiger partial charge is 0.0660 e.